The molecule has 0 aliphatic carbocycles. The molecule has 0 aromatic heterocycles. The van der Waals surface area contributed by atoms with Crippen LogP contribution in [0.15, 0.2) is 24.3 Å². The van der Waals surface area contributed by atoms with E-state index in [1.807, 2.05) is 18.2 Å². The quantitative estimate of drug-likeness (QED) is 0.646. The lowest BCUT2D eigenvalue weighted by Gasteiger charge is -2.32. The molecule has 1 atom stereocenters. The summed E-state index contributed by atoms with van der Waals surface area (Å²) in [5, 5.41) is 3.17. The molecule has 0 spiro atoms. The minimum atomic E-state index is 0.124. The molecule has 5 nitrogen and oxygen atoms in total. The summed E-state index contributed by atoms with van der Waals surface area (Å²) in [7, 11) is 0. The molecule has 1 aromatic carbocycles. The highest BCUT2D eigenvalue weighted by molar-refractivity contribution is 5.94. The van der Waals surface area contributed by atoms with Crippen LogP contribution in [0.2, 0.25) is 0 Å². The summed E-state index contributed by atoms with van der Waals surface area (Å²) in [6.07, 6.45) is 6.44. The molecule has 2 fully saturated rings. The summed E-state index contributed by atoms with van der Waals surface area (Å²) >= 11 is 0. The second-order valence-corrected chi connectivity index (χ2v) is 8.74. The average Bonchev–Trinajstić information content (AvgIpc) is 3.19. The standard InChI is InChI=1S/C24H37N3O2/c1-3-27-13-5-8-23(27)17-25-24(29)10-9-20-11-14-26(15-12-20)18-21-6-4-7-22(16-21)19(2)28/h4,6-7,16,20,23H,3,5,8-15,17-18H2,1-2H3,(H,25,29)/t23-/m0/s1. The SMILES string of the molecule is CCN1CCC[C@H]1CNC(=O)CCC1CCN(Cc2cccc(C(C)=O)c2)CC1. The zero-order valence-electron chi connectivity index (χ0n) is 18.2. The molecule has 0 bridgehead atoms. The van der Waals surface area contributed by atoms with Crippen LogP contribution in [0, 0.1) is 5.92 Å². The van der Waals surface area contributed by atoms with Gasteiger partial charge in [0.2, 0.25) is 5.91 Å². The van der Waals surface area contributed by atoms with Gasteiger partial charge in [0.25, 0.3) is 0 Å². The van der Waals surface area contributed by atoms with Crippen LogP contribution in [-0.2, 0) is 11.3 Å². The Labute approximate surface area is 175 Å². The third-order valence-electron chi connectivity index (χ3n) is 6.67. The molecule has 3 rings (SSSR count). The van der Waals surface area contributed by atoms with E-state index in [1.165, 1.54) is 24.9 Å². The Morgan fingerprint density at radius 1 is 1.14 bits per heavy atom. The molecule has 2 saturated heterocycles. The van der Waals surface area contributed by atoms with Gasteiger partial charge in [-0.05, 0) is 82.8 Å². The van der Waals surface area contributed by atoms with Gasteiger partial charge in [-0.3, -0.25) is 19.4 Å². The molecule has 0 unspecified atom stereocenters. The van der Waals surface area contributed by atoms with Crippen molar-refractivity contribution in [1.29, 1.82) is 0 Å². The van der Waals surface area contributed by atoms with Crippen molar-refractivity contribution >= 4 is 11.7 Å². The fraction of sp³-hybridized carbons (Fsp3) is 0.667. The number of likely N-dealkylation sites (tertiary alicyclic amines) is 2. The Morgan fingerprint density at radius 2 is 1.93 bits per heavy atom. The Kier molecular flexibility index (Phi) is 8.25. The molecule has 2 heterocycles. The maximum atomic E-state index is 12.3. The van der Waals surface area contributed by atoms with Gasteiger partial charge in [-0.1, -0.05) is 25.1 Å². The molecule has 1 amide bonds. The average molecular weight is 400 g/mol. The van der Waals surface area contributed by atoms with E-state index in [0.717, 1.165) is 57.5 Å². The van der Waals surface area contributed by atoms with Gasteiger partial charge in [0.15, 0.2) is 5.78 Å². The monoisotopic (exact) mass is 399 g/mol. The zero-order valence-corrected chi connectivity index (χ0v) is 18.2. The van der Waals surface area contributed by atoms with Gasteiger partial charge in [-0.2, -0.15) is 0 Å². The maximum absolute atomic E-state index is 12.3. The second kappa shape index (κ2) is 10.9. The number of amides is 1. The first kappa shape index (κ1) is 22.0. The van der Waals surface area contributed by atoms with Gasteiger partial charge in [0, 0.05) is 31.1 Å². The molecule has 160 valence electrons. The number of hydrogen-bond donors (Lipinski definition) is 1. The summed E-state index contributed by atoms with van der Waals surface area (Å²) in [4.78, 5) is 28.8. The van der Waals surface area contributed by atoms with Crippen LogP contribution in [0.3, 0.4) is 0 Å². The third-order valence-corrected chi connectivity index (χ3v) is 6.67. The largest absolute Gasteiger partial charge is 0.355 e. The molecule has 2 aliphatic heterocycles. The number of ketones is 1. The lowest BCUT2D eigenvalue weighted by Crippen LogP contribution is -2.40. The van der Waals surface area contributed by atoms with Crippen LogP contribution in [0.25, 0.3) is 0 Å². The van der Waals surface area contributed by atoms with E-state index in [1.54, 1.807) is 6.92 Å². The minimum Gasteiger partial charge on any atom is -0.355 e. The summed E-state index contributed by atoms with van der Waals surface area (Å²) in [6, 6.07) is 8.52. The van der Waals surface area contributed by atoms with E-state index in [2.05, 4.69) is 28.1 Å². The first-order chi connectivity index (χ1) is 14.0. The van der Waals surface area contributed by atoms with Gasteiger partial charge >= 0.3 is 0 Å². The zero-order chi connectivity index (χ0) is 20.6. The number of carbonyl (C=O) groups excluding carboxylic acids is 2. The van der Waals surface area contributed by atoms with Crippen LogP contribution in [0.5, 0.6) is 0 Å². The van der Waals surface area contributed by atoms with Crippen LogP contribution < -0.4 is 5.32 Å². The Morgan fingerprint density at radius 3 is 2.66 bits per heavy atom. The van der Waals surface area contributed by atoms with Crippen molar-refractivity contribution in [2.24, 2.45) is 5.92 Å². The molecular formula is C24H37N3O2. The van der Waals surface area contributed by atoms with E-state index in [9.17, 15) is 9.59 Å². The molecule has 1 aromatic rings. The number of rotatable bonds is 9. The smallest absolute Gasteiger partial charge is 0.220 e. The normalized spacial score (nSPS) is 21.4. The number of benzene rings is 1. The predicted octanol–water partition coefficient (Wildman–Crippen LogP) is 3.48. The molecule has 1 N–H and O–H groups in total. The van der Waals surface area contributed by atoms with Crippen molar-refractivity contribution in [3.63, 3.8) is 0 Å². The van der Waals surface area contributed by atoms with Crippen molar-refractivity contribution in [1.82, 2.24) is 15.1 Å². The van der Waals surface area contributed by atoms with Crippen molar-refractivity contribution in [2.75, 3.05) is 32.7 Å². The van der Waals surface area contributed by atoms with E-state index < -0.39 is 0 Å². The molecule has 29 heavy (non-hydrogen) atoms. The predicted molar refractivity (Wildman–Crippen MR) is 117 cm³/mol. The van der Waals surface area contributed by atoms with E-state index in [0.29, 0.717) is 18.4 Å². The number of carbonyl (C=O) groups is 2. The number of piperidine rings is 1. The fourth-order valence-corrected chi connectivity index (χ4v) is 4.78. The molecule has 0 saturated carbocycles. The van der Waals surface area contributed by atoms with Crippen LogP contribution >= 0.6 is 0 Å². The molecular weight excluding hydrogens is 362 g/mol. The van der Waals surface area contributed by atoms with Gasteiger partial charge in [-0.15, -0.1) is 0 Å². The third kappa shape index (κ3) is 6.65. The van der Waals surface area contributed by atoms with Crippen LogP contribution in [-0.4, -0.2) is 60.3 Å². The van der Waals surface area contributed by atoms with E-state index >= 15 is 0 Å². The highest BCUT2D eigenvalue weighted by Gasteiger charge is 2.24. The molecule has 0 radical (unpaired) electrons. The Balaban J connectivity index is 1.33. The number of nitrogens with one attached hydrogen (secondary N) is 1. The first-order valence-electron chi connectivity index (χ1n) is 11.4. The van der Waals surface area contributed by atoms with Gasteiger partial charge in [0.1, 0.15) is 0 Å². The van der Waals surface area contributed by atoms with E-state index in [4.69, 9.17) is 0 Å². The van der Waals surface area contributed by atoms with Crippen molar-refractivity contribution < 1.29 is 9.59 Å². The number of nitrogens with zero attached hydrogens (tertiary/aromatic N) is 2. The lowest BCUT2D eigenvalue weighted by atomic mass is 9.91. The number of likely N-dealkylation sites (N-methyl/N-ethyl adjacent to an activating group) is 1. The molecule has 5 heteroatoms. The first-order valence-corrected chi connectivity index (χ1v) is 11.4. The Bertz CT molecular complexity index is 682. The Hall–Kier alpha value is -1.72. The van der Waals surface area contributed by atoms with E-state index in [-0.39, 0.29) is 11.7 Å². The highest BCUT2D eigenvalue weighted by Crippen LogP contribution is 2.23. The molecule has 2 aliphatic rings. The topological polar surface area (TPSA) is 52.7 Å². The second-order valence-electron chi connectivity index (χ2n) is 8.74. The van der Waals surface area contributed by atoms with Crippen molar-refractivity contribution in [2.45, 2.75) is 65.0 Å². The fourth-order valence-electron chi connectivity index (χ4n) is 4.78. The highest BCUT2D eigenvalue weighted by atomic mass is 16.1. The summed E-state index contributed by atoms with van der Waals surface area (Å²) in [5.74, 6) is 0.995. The van der Waals surface area contributed by atoms with Gasteiger partial charge < -0.3 is 5.32 Å². The number of Topliss-reactive ketones (excluding diaryl/α,β-unsaturated/α-hetero) is 1. The summed E-state index contributed by atoms with van der Waals surface area (Å²) in [5.41, 5.74) is 2.01. The van der Waals surface area contributed by atoms with Crippen LogP contribution in [0.1, 0.15) is 68.3 Å². The number of hydrogen-bond acceptors (Lipinski definition) is 4. The van der Waals surface area contributed by atoms with Crippen LogP contribution in [0.4, 0.5) is 0 Å². The summed E-state index contributed by atoms with van der Waals surface area (Å²) < 4.78 is 0. The summed E-state index contributed by atoms with van der Waals surface area (Å²) in [6.45, 7) is 9.94. The maximum Gasteiger partial charge on any atom is 0.220 e. The lowest BCUT2D eigenvalue weighted by molar-refractivity contribution is -0.121. The van der Waals surface area contributed by atoms with Crippen molar-refractivity contribution in [3.8, 4) is 0 Å². The van der Waals surface area contributed by atoms with Gasteiger partial charge in [-0.25, -0.2) is 0 Å². The van der Waals surface area contributed by atoms with Crippen molar-refractivity contribution in [3.05, 3.63) is 35.4 Å². The van der Waals surface area contributed by atoms with Gasteiger partial charge in [0.05, 0.1) is 0 Å². The minimum absolute atomic E-state index is 0.124.